The number of hydrogen-bond acceptors (Lipinski definition) is 8. The molecule has 0 saturated carbocycles. The Balaban J connectivity index is 1.71. The lowest BCUT2D eigenvalue weighted by Gasteiger charge is -2.36. The van der Waals surface area contributed by atoms with Crippen LogP contribution in [0.4, 0.5) is 11.6 Å². The highest BCUT2D eigenvalue weighted by Crippen LogP contribution is 2.33. The summed E-state index contributed by atoms with van der Waals surface area (Å²) in [6.45, 7) is 9.18. The highest BCUT2D eigenvalue weighted by Gasteiger charge is 2.31. The van der Waals surface area contributed by atoms with Gasteiger partial charge in [0, 0.05) is 58.4 Å². The van der Waals surface area contributed by atoms with Gasteiger partial charge >= 0.3 is 0 Å². The second kappa shape index (κ2) is 9.16. The zero-order valence-electron chi connectivity index (χ0n) is 20.2. The van der Waals surface area contributed by atoms with Gasteiger partial charge in [-0.2, -0.15) is 9.61 Å². The first-order chi connectivity index (χ1) is 16.4. The van der Waals surface area contributed by atoms with Gasteiger partial charge in [0.1, 0.15) is 16.5 Å². The standard InChI is InChI=1S/C24H33N7O2S/c1-4-20-23(34(32,33)19-8-6-5-7-9-19)24-25-21(29-14-10-27(2)11-15-29)18-22(31(24)26-20)30-16-12-28(3)13-17-30/h5-9,18H,4,10-17H2,1-3H3. The summed E-state index contributed by atoms with van der Waals surface area (Å²) < 4.78 is 29.4. The van der Waals surface area contributed by atoms with Crippen LogP contribution in [0.25, 0.3) is 5.65 Å². The Labute approximate surface area is 201 Å². The molecule has 2 aliphatic rings. The highest BCUT2D eigenvalue weighted by atomic mass is 32.2. The molecule has 2 aromatic heterocycles. The van der Waals surface area contributed by atoms with Crippen LogP contribution in [0, 0.1) is 0 Å². The van der Waals surface area contributed by atoms with E-state index in [1.54, 1.807) is 28.8 Å². The van der Waals surface area contributed by atoms with Crippen molar-refractivity contribution < 1.29 is 8.42 Å². The van der Waals surface area contributed by atoms with Gasteiger partial charge in [-0.25, -0.2) is 13.4 Å². The molecule has 2 aliphatic heterocycles. The lowest BCUT2D eigenvalue weighted by atomic mass is 10.3. The van der Waals surface area contributed by atoms with E-state index in [2.05, 4.69) is 39.8 Å². The molecule has 3 aromatic rings. The smallest absolute Gasteiger partial charge is 0.212 e. The minimum absolute atomic E-state index is 0.229. The van der Waals surface area contributed by atoms with Crippen molar-refractivity contribution in [3.8, 4) is 0 Å². The number of sulfone groups is 1. The number of anilines is 2. The van der Waals surface area contributed by atoms with Crippen molar-refractivity contribution in [2.24, 2.45) is 0 Å². The van der Waals surface area contributed by atoms with Gasteiger partial charge in [0.25, 0.3) is 0 Å². The lowest BCUT2D eigenvalue weighted by Crippen LogP contribution is -2.46. The molecule has 0 unspecified atom stereocenters. The first kappa shape index (κ1) is 23.1. The second-order valence-electron chi connectivity index (χ2n) is 9.23. The molecule has 5 rings (SSSR count). The number of piperazine rings is 2. The van der Waals surface area contributed by atoms with Crippen LogP contribution in [-0.4, -0.2) is 99.3 Å². The van der Waals surface area contributed by atoms with E-state index in [0.717, 1.165) is 64.0 Å². The molecular weight excluding hydrogens is 450 g/mol. The average Bonchev–Trinajstić information content (AvgIpc) is 3.24. The molecule has 1 aromatic carbocycles. The van der Waals surface area contributed by atoms with E-state index < -0.39 is 9.84 Å². The quantitative estimate of drug-likeness (QED) is 0.542. The Morgan fingerprint density at radius 1 is 0.853 bits per heavy atom. The van der Waals surface area contributed by atoms with E-state index in [9.17, 15) is 8.42 Å². The molecular formula is C24H33N7O2S. The molecule has 34 heavy (non-hydrogen) atoms. The molecule has 0 N–H and O–H groups in total. The Kier molecular flexibility index (Phi) is 6.22. The van der Waals surface area contributed by atoms with Gasteiger partial charge < -0.3 is 19.6 Å². The number of rotatable bonds is 5. The first-order valence-electron chi connectivity index (χ1n) is 12.0. The third-order valence-corrected chi connectivity index (χ3v) is 8.74. The molecule has 0 spiro atoms. The van der Waals surface area contributed by atoms with Crippen LogP contribution in [-0.2, 0) is 16.3 Å². The number of benzene rings is 1. The van der Waals surface area contributed by atoms with Gasteiger partial charge in [0.05, 0.1) is 10.6 Å². The highest BCUT2D eigenvalue weighted by molar-refractivity contribution is 7.91. The van der Waals surface area contributed by atoms with E-state index in [4.69, 9.17) is 10.1 Å². The largest absolute Gasteiger partial charge is 0.354 e. The third-order valence-electron chi connectivity index (χ3n) is 6.89. The maximum Gasteiger partial charge on any atom is 0.212 e. The Morgan fingerprint density at radius 2 is 1.44 bits per heavy atom. The summed E-state index contributed by atoms with van der Waals surface area (Å²) in [7, 11) is 0.475. The Bertz CT molecular complexity index is 1260. The lowest BCUT2D eigenvalue weighted by molar-refractivity contribution is 0.310. The number of aromatic nitrogens is 3. The van der Waals surface area contributed by atoms with Gasteiger partial charge in [0.15, 0.2) is 5.65 Å². The average molecular weight is 484 g/mol. The Morgan fingerprint density at radius 3 is 2.03 bits per heavy atom. The third kappa shape index (κ3) is 4.14. The molecule has 4 heterocycles. The molecule has 0 amide bonds. The summed E-state index contributed by atoms with van der Waals surface area (Å²) in [6.07, 6.45) is 0.511. The van der Waals surface area contributed by atoms with E-state index >= 15 is 0 Å². The van der Waals surface area contributed by atoms with Crippen LogP contribution in [0.3, 0.4) is 0 Å². The molecule has 9 nitrogen and oxygen atoms in total. The predicted molar refractivity (Wildman–Crippen MR) is 134 cm³/mol. The monoisotopic (exact) mass is 483 g/mol. The maximum absolute atomic E-state index is 13.8. The molecule has 0 radical (unpaired) electrons. The van der Waals surface area contributed by atoms with Crippen molar-refractivity contribution in [3.05, 3.63) is 42.1 Å². The minimum atomic E-state index is -3.78. The van der Waals surface area contributed by atoms with Gasteiger partial charge in [-0.05, 0) is 32.6 Å². The summed E-state index contributed by atoms with van der Waals surface area (Å²) in [5.74, 6) is 1.73. The van der Waals surface area contributed by atoms with Crippen LogP contribution in [0.2, 0.25) is 0 Å². The fraction of sp³-hybridized carbons (Fsp3) is 0.500. The molecule has 182 valence electrons. The van der Waals surface area contributed by atoms with Crippen molar-refractivity contribution in [2.75, 3.05) is 76.3 Å². The van der Waals surface area contributed by atoms with E-state index in [0.29, 0.717) is 17.8 Å². The van der Waals surface area contributed by atoms with Gasteiger partial charge in [-0.1, -0.05) is 25.1 Å². The molecule has 10 heteroatoms. The summed E-state index contributed by atoms with van der Waals surface area (Å²) in [5, 5.41) is 4.81. The van der Waals surface area contributed by atoms with E-state index in [1.807, 2.05) is 13.0 Å². The number of hydrogen-bond donors (Lipinski definition) is 0. The van der Waals surface area contributed by atoms with Crippen molar-refractivity contribution in [2.45, 2.75) is 23.1 Å². The van der Waals surface area contributed by atoms with Crippen LogP contribution in [0.1, 0.15) is 12.6 Å². The van der Waals surface area contributed by atoms with Crippen LogP contribution in [0.15, 0.2) is 46.2 Å². The molecule has 2 fully saturated rings. The number of aryl methyl sites for hydroxylation is 1. The van der Waals surface area contributed by atoms with Crippen molar-refractivity contribution >= 4 is 27.1 Å². The topological polar surface area (TPSA) is 77.3 Å². The fourth-order valence-electron chi connectivity index (χ4n) is 4.70. The Hall–Kier alpha value is -2.69. The molecule has 2 saturated heterocycles. The van der Waals surface area contributed by atoms with Crippen molar-refractivity contribution in [3.63, 3.8) is 0 Å². The minimum Gasteiger partial charge on any atom is -0.354 e. The van der Waals surface area contributed by atoms with Crippen molar-refractivity contribution in [1.29, 1.82) is 0 Å². The zero-order valence-corrected chi connectivity index (χ0v) is 21.0. The van der Waals surface area contributed by atoms with Gasteiger partial charge in [0.2, 0.25) is 9.84 Å². The van der Waals surface area contributed by atoms with Crippen molar-refractivity contribution in [1.82, 2.24) is 24.4 Å². The predicted octanol–water partition coefficient (Wildman–Crippen LogP) is 1.63. The van der Waals surface area contributed by atoms with Gasteiger partial charge in [-0.3, -0.25) is 0 Å². The van der Waals surface area contributed by atoms with Crippen LogP contribution < -0.4 is 9.80 Å². The van der Waals surface area contributed by atoms with E-state index in [1.165, 1.54) is 0 Å². The normalized spacial score (nSPS) is 18.7. The first-order valence-corrected chi connectivity index (χ1v) is 13.5. The van der Waals surface area contributed by atoms with Crippen LogP contribution in [0.5, 0.6) is 0 Å². The summed E-state index contributed by atoms with van der Waals surface area (Å²) in [6, 6.07) is 10.7. The number of nitrogens with zero attached hydrogens (tertiary/aromatic N) is 7. The molecule has 0 atom stereocenters. The molecule has 0 bridgehead atoms. The fourth-order valence-corrected chi connectivity index (χ4v) is 6.32. The summed E-state index contributed by atoms with van der Waals surface area (Å²) >= 11 is 0. The van der Waals surface area contributed by atoms with Crippen LogP contribution >= 0.6 is 0 Å². The summed E-state index contributed by atoms with van der Waals surface area (Å²) in [5.41, 5.74) is 0.980. The maximum atomic E-state index is 13.8. The SMILES string of the molecule is CCc1nn2c(N3CCN(C)CC3)cc(N3CCN(C)CC3)nc2c1S(=O)(=O)c1ccccc1. The number of fused-ring (bicyclic) bond motifs is 1. The zero-order chi connectivity index (χ0) is 23.9. The second-order valence-corrected chi connectivity index (χ2v) is 11.1. The molecule has 0 aliphatic carbocycles. The summed E-state index contributed by atoms with van der Waals surface area (Å²) in [4.78, 5) is 14.6. The van der Waals surface area contributed by atoms with Gasteiger partial charge in [-0.15, -0.1) is 0 Å². The number of likely N-dealkylation sites (N-methyl/N-ethyl adjacent to an activating group) is 2. The van der Waals surface area contributed by atoms with E-state index in [-0.39, 0.29) is 9.79 Å².